The summed E-state index contributed by atoms with van der Waals surface area (Å²) in [5.74, 6) is 0.774. The fourth-order valence-electron chi connectivity index (χ4n) is 1.65. The van der Waals surface area contributed by atoms with Crippen LogP contribution in [0.5, 0.6) is 0 Å². The standard InChI is InChI=1S/C13H29NO/c1-5-6-10-15-11-8-7-9-14(4)12-13(2)3/h13H,5-12H2,1-4H3. The van der Waals surface area contributed by atoms with Gasteiger partial charge in [0.05, 0.1) is 0 Å². The summed E-state index contributed by atoms with van der Waals surface area (Å²) in [5.41, 5.74) is 0. The molecule has 0 aliphatic carbocycles. The highest BCUT2D eigenvalue weighted by atomic mass is 16.5. The Balaban J connectivity index is 3.09. The maximum Gasteiger partial charge on any atom is 0.0466 e. The summed E-state index contributed by atoms with van der Waals surface area (Å²) >= 11 is 0. The van der Waals surface area contributed by atoms with Crippen LogP contribution in [0.1, 0.15) is 46.5 Å². The van der Waals surface area contributed by atoms with E-state index in [2.05, 4.69) is 32.7 Å². The number of rotatable bonds is 10. The van der Waals surface area contributed by atoms with Crippen molar-refractivity contribution in [3.63, 3.8) is 0 Å². The molecule has 92 valence electrons. The molecular weight excluding hydrogens is 186 g/mol. The van der Waals surface area contributed by atoms with Gasteiger partial charge in [0.15, 0.2) is 0 Å². The lowest BCUT2D eigenvalue weighted by atomic mass is 10.2. The lowest BCUT2D eigenvalue weighted by Gasteiger charge is -2.18. The van der Waals surface area contributed by atoms with Crippen molar-refractivity contribution in [2.45, 2.75) is 46.5 Å². The van der Waals surface area contributed by atoms with Gasteiger partial charge < -0.3 is 9.64 Å². The van der Waals surface area contributed by atoms with Gasteiger partial charge in [-0.1, -0.05) is 27.2 Å². The molecule has 0 rings (SSSR count). The smallest absolute Gasteiger partial charge is 0.0466 e. The zero-order valence-electron chi connectivity index (χ0n) is 11.1. The largest absolute Gasteiger partial charge is 0.381 e. The Morgan fingerprint density at radius 2 is 1.73 bits per heavy atom. The maximum absolute atomic E-state index is 5.52. The van der Waals surface area contributed by atoms with E-state index in [0.29, 0.717) is 0 Å². The number of hydrogen-bond acceptors (Lipinski definition) is 2. The van der Waals surface area contributed by atoms with E-state index >= 15 is 0 Å². The Labute approximate surface area is 96.0 Å². The number of unbranched alkanes of at least 4 members (excludes halogenated alkanes) is 2. The average Bonchev–Trinajstić information content (AvgIpc) is 2.15. The molecule has 0 aliphatic heterocycles. The minimum atomic E-state index is 0.774. The maximum atomic E-state index is 5.52. The van der Waals surface area contributed by atoms with Crippen molar-refractivity contribution in [1.82, 2.24) is 4.90 Å². The fourth-order valence-corrected chi connectivity index (χ4v) is 1.65. The zero-order chi connectivity index (χ0) is 11.5. The molecule has 0 unspecified atom stereocenters. The van der Waals surface area contributed by atoms with E-state index in [9.17, 15) is 0 Å². The predicted molar refractivity (Wildman–Crippen MR) is 67.3 cm³/mol. The topological polar surface area (TPSA) is 12.5 Å². The molecule has 0 heterocycles. The van der Waals surface area contributed by atoms with Gasteiger partial charge in [-0.3, -0.25) is 0 Å². The van der Waals surface area contributed by atoms with E-state index in [1.165, 1.54) is 38.8 Å². The molecule has 2 nitrogen and oxygen atoms in total. The van der Waals surface area contributed by atoms with Crippen LogP contribution in [0.2, 0.25) is 0 Å². The van der Waals surface area contributed by atoms with Crippen LogP contribution in [-0.2, 0) is 4.74 Å². The predicted octanol–water partition coefficient (Wildman–Crippen LogP) is 3.17. The van der Waals surface area contributed by atoms with Crippen molar-refractivity contribution in [2.24, 2.45) is 5.92 Å². The highest BCUT2D eigenvalue weighted by Crippen LogP contribution is 1.99. The fraction of sp³-hybridized carbons (Fsp3) is 1.00. The van der Waals surface area contributed by atoms with E-state index in [1.807, 2.05) is 0 Å². The minimum Gasteiger partial charge on any atom is -0.381 e. The van der Waals surface area contributed by atoms with Crippen LogP contribution < -0.4 is 0 Å². The van der Waals surface area contributed by atoms with E-state index in [1.54, 1.807) is 0 Å². The second kappa shape index (κ2) is 10.4. The monoisotopic (exact) mass is 215 g/mol. The SMILES string of the molecule is CCCCOCCCCN(C)CC(C)C. The first-order chi connectivity index (χ1) is 7.16. The second-order valence-corrected chi connectivity index (χ2v) is 4.83. The van der Waals surface area contributed by atoms with Gasteiger partial charge in [-0.25, -0.2) is 0 Å². The molecule has 2 heteroatoms. The summed E-state index contributed by atoms with van der Waals surface area (Å²) < 4.78 is 5.52. The third kappa shape index (κ3) is 11.8. The molecule has 0 N–H and O–H groups in total. The molecule has 0 amide bonds. The molecule has 0 atom stereocenters. The molecule has 0 aliphatic rings. The molecule has 0 bridgehead atoms. The molecule has 0 spiro atoms. The van der Waals surface area contributed by atoms with Crippen LogP contribution in [0.15, 0.2) is 0 Å². The summed E-state index contributed by atoms with van der Waals surface area (Å²) in [4.78, 5) is 2.41. The summed E-state index contributed by atoms with van der Waals surface area (Å²) in [6, 6.07) is 0. The molecule has 15 heavy (non-hydrogen) atoms. The molecule has 0 saturated carbocycles. The molecule has 0 aromatic carbocycles. The second-order valence-electron chi connectivity index (χ2n) is 4.83. The molecule has 0 aromatic heterocycles. The molecule has 0 saturated heterocycles. The summed E-state index contributed by atoms with van der Waals surface area (Å²) in [5, 5.41) is 0. The van der Waals surface area contributed by atoms with Crippen molar-refractivity contribution < 1.29 is 4.74 Å². The van der Waals surface area contributed by atoms with Crippen molar-refractivity contribution >= 4 is 0 Å². The van der Waals surface area contributed by atoms with Gasteiger partial charge in [0, 0.05) is 19.8 Å². The van der Waals surface area contributed by atoms with Crippen molar-refractivity contribution in [3.05, 3.63) is 0 Å². The quantitative estimate of drug-likeness (QED) is 0.519. The average molecular weight is 215 g/mol. The third-order valence-electron chi connectivity index (χ3n) is 2.40. The normalized spacial score (nSPS) is 11.6. The Hall–Kier alpha value is -0.0800. The zero-order valence-corrected chi connectivity index (χ0v) is 11.1. The molecule has 0 fully saturated rings. The number of hydrogen-bond donors (Lipinski definition) is 0. The first-order valence-electron chi connectivity index (χ1n) is 6.43. The first-order valence-corrected chi connectivity index (χ1v) is 6.43. The van der Waals surface area contributed by atoms with E-state index in [4.69, 9.17) is 4.74 Å². The van der Waals surface area contributed by atoms with Gasteiger partial charge in [0.25, 0.3) is 0 Å². The van der Waals surface area contributed by atoms with Crippen LogP contribution in [0.25, 0.3) is 0 Å². The number of ether oxygens (including phenoxy) is 1. The van der Waals surface area contributed by atoms with Gasteiger partial charge in [-0.2, -0.15) is 0 Å². The minimum absolute atomic E-state index is 0.774. The molecular formula is C13H29NO. The van der Waals surface area contributed by atoms with Crippen LogP contribution in [-0.4, -0.2) is 38.3 Å². The lowest BCUT2D eigenvalue weighted by Crippen LogP contribution is -2.24. The Morgan fingerprint density at radius 3 is 2.33 bits per heavy atom. The van der Waals surface area contributed by atoms with Gasteiger partial charge in [-0.15, -0.1) is 0 Å². The lowest BCUT2D eigenvalue weighted by molar-refractivity contribution is 0.125. The third-order valence-corrected chi connectivity index (χ3v) is 2.40. The van der Waals surface area contributed by atoms with Crippen LogP contribution in [0, 0.1) is 5.92 Å². The van der Waals surface area contributed by atoms with Crippen LogP contribution in [0.3, 0.4) is 0 Å². The summed E-state index contributed by atoms with van der Waals surface area (Å²) in [6.07, 6.45) is 4.89. The highest BCUT2D eigenvalue weighted by Gasteiger charge is 2.00. The summed E-state index contributed by atoms with van der Waals surface area (Å²) in [6.45, 7) is 11.0. The first kappa shape index (κ1) is 14.9. The van der Waals surface area contributed by atoms with Crippen molar-refractivity contribution in [1.29, 1.82) is 0 Å². The number of nitrogens with zero attached hydrogens (tertiary/aromatic N) is 1. The molecule has 0 radical (unpaired) electrons. The summed E-state index contributed by atoms with van der Waals surface area (Å²) in [7, 11) is 2.21. The van der Waals surface area contributed by atoms with Gasteiger partial charge >= 0.3 is 0 Å². The molecule has 0 aromatic rings. The van der Waals surface area contributed by atoms with Gasteiger partial charge in [-0.05, 0) is 38.8 Å². The van der Waals surface area contributed by atoms with Crippen molar-refractivity contribution in [3.8, 4) is 0 Å². The van der Waals surface area contributed by atoms with E-state index < -0.39 is 0 Å². The van der Waals surface area contributed by atoms with E-state index in [-0.39, 0.29) is 0 Å². The van der Waals surface area contributed by atoms with Crippen LogP contribution in [0.4, 0.5) is 0 Å². The van der Waals surface area contributed by atoms with Gasteiger partial charge in [0.1, 0.15) is 0 Å². The Morgan fingerprint density at radius 1 is 1.07 bits per heavy atom. The van der Waals surface area contributed by atoms with Crippen LogP contribution >= 0.6 is 0 Å². The van der Waals surface area contributed by atoms with Gasteiger partial charge in [0.2, 0.25) is 0 Å². The highest BCUT2D eigenvalue weighted by molar-refractivity contribution is 4.54. The van der Waals surface area contributed by atoms with E-state index in [0.717, 1.165) is 19.1 Å². The Kier molecular flexibility index (Phi) is 10.4. The van der Waals surface area contributed by atoms with Crippen molar-refractivity contribution in [2.75, 3.05) is 33.4 Å². The Bertz CT molecular complexity index is 126.